The van der Waals surface area contributed by atoms with E-state index in [1.807, 2.05) is 19.1 Å². The zero-order chi connectivity index (χ0) is 13.8. The Labute approximate surface area is 110 Å². The van der Waals surface area contributed by atoms with Gasteiger partial charge in [0.05, 0.1) is 4.92 Å². The van der Waals surface area contributed by atoms with Gasteiger partial charge in [0.2, 0.25) is 5.30 Å². The number of aryl methyl sites for hydroxylation is 1. The molecule has 0 aliphatic heterocycles. The molecule has 5 nitrogen and oxygen atoms in total. The highest BCUT2D eigenvalue weighted by Crippen LogP contribution is 2.27. The molecule has 0 radical (unpaired) electrons. The molecule has 0 amide bonds. The van der Waals surface area contributed by atoms with E-state index >= 15 is 0 Å². The first-order valence-corrected chi connectivity index (χ1v) is 6.70. The second kappa shape index (κ2) is 5.59. The Hall–Kier alpha value is -2.26. The van der Waals surface area contributed by atoms with Gasteiger partial charge in [0.1, 0.15) is 0 Å². The summed E-state index contributed by atoms with van der Waals surface area (Å²) in [5, 5.41) is 11.1. The molecule has 2 aromatic carbocycles. The first-order valence-electron chi connectivity index (χ1n) is 5.52. The summed E-state index contributed by atoms with van der Waals surface area (Å²) in [6, 6.07) is 12.7. The first-order chi connectivity index (χ1) is 9.06. The summed E-state index contributed by atoms with van der Waals surface area (Å²) < 4.78 is 17.2. The van der Waals surface area contributed by atoms with E-state index in [1.165, 1.54) is 24.3 Å². The number of nitrogens with zero attached hydrogens (tertiary/aromatic N) is 1. The Morgan fingerprint density at radius 2 is 1.63 bits per heavy atom. The van der Waals surface area contributed by atoms with Crippen LogP contribution in [0.3, 0.4) is 0 Å². The third-order valence-corrected chi connectivity index (χ3v) is 3.58. The minimum absolute atomic E-state index is 0.0297. The zero-order valence-corrected chi connectivity index (χ0v) is 11.0. The minimum atomic E-state index is -2.01. The summed E-state index contributed by atoms with van der Waals surface area (Å²) in [4.78, 5) is 10.00. The van der Waals surface area contributed by atoms with Gasteiger partial charge < -0.3 is 0 Å². The first kappa shape index (κ1) is 13.2. The number of rotatable bonds is 4. The van der Waals surface area contributed by atoms with Gasteiger partial charge >= 0.3 is 8.03 Å². The number of hydrogen-bond donors (Lipinski definition) is 0. The van der Waals surface area contributed by atoms with Crippen molar-refractivity contribution in [1.29, 1.82) is 0 Å². The molecule has 2 rings (SSSR count). The number of non-ortho nitro benzene ring substituents is 1. The predicted octanol–water partition coefficient (Wildman–Crippen LogP) is 3.35. The highest BCUT2D eigenvalue weighted by molar-refractivity contribution is 7.48. The average Bonchev–Trinajstić information content (AvgIpc) is 2.40. The third kappa shape index (κ3) is 3.36. The van der Waals surface area contributed by atoms with E-state index in [4.69, 9.17) is 4.52 Å². The van der Waals surface area contributed by atoms with Crippen LogP contribution in [0.15, 0.2) is 48.5 Å². The van der Waals surface area contributed by atoms with Crippen LogP contribution in [0.5, 0.6) is 5.75 Å². The highest BCUT2D eigenvalue weighted by atomic mass is 31.1. The summed E-state index contributed by atoms with van der Waals surface area (Å²) >= 11 is 0. The second-order valence-electron chi connectivity index (χ2n) is 3.93. The molecule has 0 aliphatic carbocycles. The van der Waals surface area contributed by atoms with Crippen LogP contribution in [0.25, 0.3) is 0 Å². The second-order valence-corrected chi connectivity index (χ2v) is 5.15. The zero-order valence-electron chi connectivity index (χ0n) is 10.1. The lowest BCUT2D eigenvalue weighted by molar-refractivity contribution is -0.384. The molecule has 0 aliphatic rings. The molecule has 1 atom stereocenters. The normalized spacial score (nSPS) is 10.9. The van der Waals surface area contributed by atoms with Gasteiger partial charge in [-0.3, -0.25) is 14.6 Å². The van der Waals surface area contributed by atoms with Crippen molar-refractivity contribution in [3.05, 3.63) is 64.2 Å². The Balaban J connectivity index is 2.10. The third-order valence-electron chi connectivity index (χ3n) is 2.48. The standard InChI is InChI=1S/C13H11NO4P/c1-10-2-8-13(9-3-10)19(17)18-12-6-4-11(5-7-12)14(15)16/h2-9H,1H3/q+1. The van der Waals surface area contributed by atoms with Crippen molar-refractivity contribution < 1.29 is 14.0 Å². The maximum Gasteiger partial charge on any atom is 0.597 e. The molecule has 0 N–H and O–H groups in total. The molecule has 6 heteroatoms. The van der Waals surface area contributed by atoms with E-state index < -0.39 is 13.0 Å². The number of nitro benzene ring substituents is 1. The molecule has 0 saturated heterocycles. The maximum absolute atomic E-state index is 11.9. The lowest BCUT2D eigenvalue weighted by Crippen LogP contribution is -1.99. The fourth-order valence-electron chi connectivity index (χ4n) is 1.44. The van der Waals surface area contributed by atoms with Gasteiger partial charge in [-0.1, -0.05) is 17.7 Å². The Bertz CT molecular complexity index is 608. The van der Waals surface area contributed by atoms with Crippen LogP contribution in [0.1, 0.15) is 5.56 Å². The summed E-state index contributed by atoms with van der Waals surface area (Å²) in [6.45, 7) is 1.94. The van der Waals surface area contributed by atoms with Crippen LogP contribution in [-0.4, -0.2) is 4.92 Å². The molecule has 0 bridgehead atoms. The summed E-state index contributed by atoms with van der Waals surface area (Å²) in [6.07, 6.45) is 0. The van der Waals surface area contributed by atoms with Crippen LogP contribution in [-0.2, 0) is 4.57 Å². The quantitative estimate of drug-likeness (QED) is 0.488. The monoisotopic (exact) mass is 276 g/mol. The number of nitro groups is 1. The molecule has 0 saturated carbocycles. The van der Waals surface area contributed by atoms with Crippen molar-refractivity contribution in [3.63, 3.8) is 0 Å². The van der Waals surface area contributed by atoms with Crippen molar-refractivity contribution in [3.8, 4) is 5.75 Å². The fraction of sp³-hybridized carbons (Fsp3) is 0.0769. The van der Waals surface area contributed by atoms with Crippen molar-refractivity contribution in [2.75, 3.05) is 0 Å². The summed E-state index contributed by atoms with van der Waals surface area (Å²) in [7, 11) is -2.01. The molecular formula is C13H11NO4P+. The maximum atomic E-state index is 11.9. The van der Waals surface area contributed by atoms with E-state index in [9.17, 15) is 14.7 Å². The SMILES string of the molecule is Cc1ccc([P+](=O)Oc2ccc([N+](=O)[O-])cc2)cc1. The molecule has 1 unspecified atom stereocenters. The molecule has 19 heavy (non-hydrogen) atoms. The van der Waals surface area contributed by atoms with Crippen LogP contribution < -0.4 is 9.83 Å². The van der Waals surface area contributed by atoms with E-state index in [0.717, 1.165) is 5.56 Å². The van der Waals surface area contributed by atoms with E-state index in [0.29, 0.717) is 11.1 Å². The van der Waals surface area contributed by atoms with Crippen molar-refractivity contribution >= 4 is 19.0 Å². The van der Waals surface area contributed by atoms with Gasteiger partial charge in [0, 0.05) is 12.1 Å². The largest absolute Gasteiger partial charge is 0.597 e. The van der Waals surface area contributed by atoms with Crippen LogP contribution in [0.4, 0.5) is 5.69 Å². The van der Waals surface area contributed by atoms with E-state index in [1.54, 1.807) is 12.1 Å². The lowest BCUT2D eigenvalue weighted by atomic mass is 10.2. The van der Waals surface area contributed by atoms with Crippen molar-refractivity contribution in [1.82, 2.24) is 0 Å². The van der Waals surface area contributed by atoms with Gasteiger partial charge in [0.15, 0.2) is 5.75 Å². The molecule has 96 valence electrons. The average molecular weight is 276 g/mol. The van der Waals surface area contributed by atoms with Gasteiger partial charge in [-0.15, -0.1) is 0 Å². The van der Waals surface area contributed by atoms with Gasteiger partial charge in [-0.2, -0.15) is 0 Å². The Kier molecular flexibility index (Phi) is 3.88. The molecule has 2 aromatic rings. The predicted molar refractivity (Wildman–Crippen MR) is 72.1 cm³/mol. The molecular weight excluding hydrogens is 265 g/mol. The summed E-state index contributed by atoms with van der Waals surface area (Å²) in [5.74, 6) is 0.340. The number of benzene rings is 2. The van der Waals surface area contributed by atoms with Gasteiger partial charge in [-0.05, 0) is 35.8 Å². The summed E-state index contributed by atoms with van der Waals surface area (Å²) in [5.41, 5.74) is 1.04. The Morgan fingerprint density at radius 1 is 1.05 bits per heavy atom. The van der Waals surface area contributed by atoms with Crippen molar-refractivity contribution in [2.24, 2.45) is 0 Å². The number of hydrogen-bond acceptors (Lipinski definition) is 4. The molecule has 0 aromatic heterocycles. The van der Waals surface area contributed by atoms with Gasteiger partial charge in [0.25, 0.3) is 5.69 Å². The fourth-order valence-corrected chi connectivity index (χ4v) is 2.25. The molecule has 0 spiro atoms. The van der Waals surface area contributed by atoms with E-state index in [-0.39, 0.29) is 5.69 Å². The van der Waals surface area contributed by atoms with E-state index in [2.05, 4.69) is 0 Å². The van der Waals surface area contributed by atoms with Crippen LogP contribution in [0.2, 0.25) is 0 Å². The van der Waals surface area contributed by atoms with Crippen LogP contribution >= 0.6 is 8.03 Å². The molecule has 0 fully saturated rings. The van der Waals surface area contributed by atoms with Crippen molar-refractivity contribution in [2.45, 2.75) is 6.92 Å². The minimum Gasteiger partial charge on any atom is -0.258 e. The highest BCUT2D eigenvalue weighted by Gasteiger charge is 2.23. The Morgan fingerprint density at radius 3 is 2.16 bits per heavy atom. The van der Waals surface area contributed by atoms with Gasteiger partial charge in [-0.25, -0.2) is 0 Å². The van der Waals surface area contributed by atoms with Crippen LogP contribution in [0, 0.1) is 17.0 Å². The topological polar surface area (TPSA) is 69.4 Å². The smallest absolute Gasteiger partial charge is 0.258 e. The lowest BCUT2D eigenvalue weighted by Gasteiger charge is -1.94. The molecule has 0 heterocycles.